The molecule has 1 saturated carbocycles. The van der Waals surface area contributed by atoms with Gasteiger partial charge >= 0.3 is 0 Å². The number of ether oxygens (including phenoxy) is 1. The van der Waals surface area contributed by atoms with Crippen molar-refractivity contribution in [2.75, 3.05) is 7.11 Å². The maximum Gasteiger partial charge on any atom is 0.138 e. The van der Waals surface area contributed by atoms with Crippen molar-refractivity contribution in [3.05, 3.63) is 27.7 Å². The fraction of sp³-hybridized carbons (Fsp3) is 0.600. The second-order valence-corrected chi connectivity index (χ2v) is 6.10. The number of hydrogen-bond acceptors (Lipinski definition) is 2. The number of halogens is 2. The summed E-state index contributed by atoms with van der Waals surface area (Å²) in [6.07, 6.45) is 7.53. The maximum absolute atomic E-state index is 6.42. The van der Waals surface area contributed by atoms with Crippen LogP contribution in [0.2, 0.25) is 10.0 Å². The Hall–Kier alpha value is -0.440. The Labute approximate surface area is 125 Å². The molecule has 2 N–H and O–H groups in total. The number of methoxy groups -OCH3 is 1. The third kappa shape index (κ3) is 3.56. The van der Waals surface area contributed by atoms with Crippen LogP contribution in [0.1, 0.15) is 50.1 Å². The fourth-order valence-corrected chi connectivity index (χ4v) is 3.41. The van der Waals surface area contributed by atoms with Crippen LogP contribution in [0, 0.1) is 5.92 Å². The van der Waals surface area contributed by atoms with Gasteiger partial charge in [-0.2, -0.15) is 0 Å². The van der Waals surface area contributed by atoms with Crippen LogP contribution in [0.25, 0.3) is 0 Å². The molecule has 106 valence electrons. The summed E-state index contributed by atoms with van der Waals surface area (Å²) in [6, 6.07) is 3.59. The van der Waals surface area contributed by atoms with Crippen molar-refractivity contribution >= 4 is 23.2 Å². The van der Waals surface area contributed by atoms with Crippen molar-refractivity contribution in [2.45, 2.75) is 44.6 Å². The van der Waals surface area contributed by atoms with Gasteiger partial charge in [-0.3, -0.25) is 0 Å². The molecule has 0 spiro atoms. The van der Waals surface area contributed by atoms with Crippen LogP contribution in [0.15, 0.2) is 12.1 Å². The zero-order valence-corrected chi connectivity index (χ0v) is 12.8. The van der Waals surface area contributed by atoms with E-state index in [1.165, 1.54) is 38.5 Å². The maximum atomic E-state index is 6.42. The van der Waals surface area contributed by atoms with Crippen LogP contribution in [0.5, 0.6) is 5.75 Å². The second kappa shape index (κ2) is 6.83. The normalized spacial score (nSPS) is 18.9. The summed E-state index contributed by atoms with van der Waals surface area (Å²) in [5, 5.41) is 1.23. The molecule has 1 fully saturated rings. The Kier molecular flexibility index (Phi) is 5.37. The molecule has 19 heavy (non-hydrogen) atoms. The van der Waals surface area contributed by atoms with Gasteiger partial charge in [0.05, 0.1) is 12.1 Å². The van der Waals surface area contributed by atoms with E-state index in [1.54, 1.807) is 13.2 Å². The molecule has 0 aliphatic heterocycles. The predicted octanol–water partition coefficient (Wildman–Crippen LogP) is 4.97. The Morgan fingerprint density at radius 3 is 2.32 bits per heavy atom. The summed E-state index contributed by atoms with van der Waals surface area (Å²) < 4.78 is 5.17. The van der Waals surface area contributed by atoms with E-state index in [0.717, 1.165) is 5.56 Å². The van der Waals surface area contributed by atoms with Crippen molar-refractivity contribution in [2.24, 2.45) is 11.7 Å². The topological polar surface area (TPSA) is 35.2 Å². The van der Waals surface area contributed by atoms with Crippen molar-refractivity contribution in [1.29, 1.82) is 0 Å². The molecule has 0 aromatic heterocycles. The lowest BCUT2D eigenvalue weighted by atomic mass is 9.88. The molecule has 1 aromatic rings. The highest BCUT2D eigenvalue weighted by molar-refractivity contribution is 6.34. The molecule has 4 heteroatoms. The molecule has 1 atom stereocenters. The minimum Gasteiger partial charge on any atom is -0.495 e. The van der Waals surface area contributed by atoms with E-state index < -0.39 is 0 Å². The quantitative estimate of drug-likeness (QED) is 0.800. The molecule has 0 heterocycles. The number of nitrogens with two attached hydrogens (primary N) is 1. The molecule has 0 saturated heterocycles. The Morgan fingerprint density at radius 2 is 1.74 bits per heavy atom. The third-order valence-electron chi connectivity index (χ3n) is 4.04. The summed E-state index contributed by atoms with van der Waals surface area (Å²) in [5.74, 6) is 1.10. The first-order chi connectivity index (χ1) is 9.13. The van der Waals surface area contributed by atoms with Crippen LogP contribution >= 0.6 is 23.2 Å². The predicted molar refractivity (Wildman–Crippen MR) is 81.1 cm³/mol. The van der Waals surface area contributed by atoms with Gasteiger partial charge < -0.3 is 10.5 Å². The molecule has 0 bridgehead atoms. The monoisotopic (exact) mass is 301 g/mol. The van der Waals surface area contributed by atoms with Gasteiger partial charge in [0, 0.05) is 17.1 Å². The lowest BCUT2D eigenvalue weighted by Gasteiger charge is -2.24. The molecule has 2 rings (SSSR count). The Morgan fingerprint density at radius 1 is 1.11 bits per heavy atom. The average Bonchev–Trinajstić information content (AvgIpc) is 2.69. The molecule has 0 amide bonds. The summed E-state index contributed by atoms with van der Waals surface area (Å²) in [5.41, 5.74) is 7.36. The molecule has 1 unspecified atom stereocenters. The van der Waals surface area contributed by atoms with Gasteiger partial charge in [-0.1, -0.05) is 48.9 Å². The van der Waals surface area contributed by atoms with Gasteiger partial charge in [-0.25, -0.2) is 0 Å². The number of hydrogen-bond donors (Lipinski definition) is 1. The highest BCUT2D eigenvalue weighted by Gasteiger charge is 2.23. The third-order valence-corrected chi connectivity index (χ3v) is 4.66. The molecule has 1 aromatic carbocycles. The average molecular weight is 302 g/mol. The zero-order chi connectivity index (χ0) is 13.8. The SMILES string of the molecule is COc1cc(Cl)c(C(N)C2CCCCCC2)cc1Cl. The first kappa shape index (κ1) is 15.0. The van der Waals surface area contributed by atoms with E-state index in [2.05, 4.69) is 0 Å². The molecular formula is C15H21Cl2NO. The van der Waals surface area contributed by atoms with Gasteiger partial charge in [-0.05, 0) is 30.4 Å². The van der Waals surface area contributed by atoms with Crippen molar-refractivity contribution in [1.82, 2.24) is 0 Å². The van der Waals surface area contributed by atoms with Crippen LogP contribution in [-0.2, 0) is 0 Å². The van der Waals surface area contributed by atoms with Crippen molar-refractivity contribution < 1.29 is 4.74 Å². The van der Waals surface area contributed by atoms with Crippen molar-refractivity contribution in [3.63, 3.8) is 0 Å². The molecule has 2 nitrogen and oxygen atoms in total. The van der Waals surface area contributed by atoms with Crippen molar-refractivity contribution in [3.8, 4) is 5.75 Å². The molecule has 0 radical (unpaired) electrons. The van der Waals surface area contributed by atoms with E-state index in [0.29, 0.717) is 21.7 Å². The Balaban J connectivity index is 2.22. The summed E-state index contributed by atoms with van der Waals surface area (Å²) in [7, 11) is 1.59. The minimum atomic E-state index is -0.0333. The highest BCUT2D eigenvalue weighted by atomic mass is 35.5. The van der Waals surface area contributed by atoms with Crippen LogP contribution in [0.3, 0.4) is 0 Å². The van der Waals surface area contributed by atoms with Crippen LogP contribution < -0.4 is 10.5 Å². The molecule has 1 aliphatic rings. The van der Waals surface area contributed by atoms with Crippen LogP contribution in [-0.4, -0.2) is 7.11 Å². The fourth-order valence-electron chi connectivity index (χ4n) is 2.88. The zero-order valence-electron chi connectivity index (χ0n) is 11.3. The van der Waals surface area contributed by atoms with Gasteiger partial charge in [0.2, 0.25) is 0 Å². The lowest BCUT2D eigenvalue weighted by Crippen LogP contribution is -2.21. The number of benzene rings is 1. The Bertz CT molecular complexity index is 428. The van der Waals surface area contributed by atoms with Gasteiger partial charge in [0.1, 0.15) is 5.75 Å². The first-order valence-corrected chi connectivity index (χ1v) is 7.67. The lowest BCUT2D eigenvalue weighted by molar-refractivity contribution is 0.381. The van der Waals surface area contributed by atoms with Crippen LogP contribution in [0.4, 0.5) is 0 Å². The van der Waals surface area contributed by atoms with Gasteiger partial charge in [-0.15, -0.1) is 0 Å². The summed E-state index contributed by atoms with van der Waals surface area (Å²) in [6.45, 7) is 0. The van der Waals surface area contributed by atoms with Gasteiger partial charge in [0.25, 0.3) is 0 Å². The first-order valence-electron chi connectivity index (χ1n) is 6.92. The van der Waals surface area contributed by atoms with E-state index in [1.807, 2.05) is 6.07 Å². The largest absolute Gasteiger partial charge is 0.495 e. The highest BCUT2D eigenvalue weighted by Crippen LogP contribution is 2.38. The van der Waals surface area contributed by atoms with E-state index in [-0.39, 0.29) is 6.04 Å². The second-order valence-electron chi connectivity index (χ2n) is 5.29. The van der Waals surface area contributed by atoms with E-state index in [4.69, 9.17) is 33.7 Å². The molecular weight excluding hydrogens is 281 g/mol. The molecule has 1 aliphatic carbocycles. The van der Waals surface area contributed by atoms with E-state index >= 15 is 0 Å². The standard InChI is InChI=1S/C15H21Cl2NO/c1-19-14-9-12(16)11(8-13(14)17)15(18)10-6-4-2-3-5-7-10/h8-10,15H,2-7,18H2,1H3. The minimum absolute atomic E-state index is 0.0333. The number of rotatable bonds is 3. The summed E-state index contributed by atoms with van der Waals surface area (Å²) in [4.78, 5) is 0. The van der Waals surface area contributed by atoms with Gasteiger partial charge in [0.15, 0.2) is 0 Å². The summed E-state index contributed by atoms with van der Waals surface area (Å²) >= 11 is 12.5. The smallest absolute Gasteiger partial charge is 0.138 e. The van der Waals surface area contributed by atoms with E-state index in [9.17, 15) is 0 Å².